The average Bonchev–Trinajstić information content (AvgIpc) is 2.67. The van der Waals surface area contributed by atoms with Crippen LogP contribution in [0.2, 0.25) is 0 Å². The topological polar surface area (TPSA) is 90.7 Å². The van der Waals surface area contributed by atoms with Crippen molar-refractivity contribution in [2.24, 2.45) is 0 Å². The summed E-state index contributed by atoms with van der Waals surface area (Å²) >= 11 is 0. The van der Waals surface area contributed by atoms with Gasteiger partial charge in [0.05, 0.1) is 18.1 Å². The molecule has 0 heterocycles. The lowest BCUT2D eigenvalue weighted by Gasteiger charge is -2.09. The van der Waals surface area contributed by atoms with Crippen LogP contribution in [0, 0.1) is 10.1 Å². The number of hydrogen-bond acceptors (Lipinski definition) is 6. The first-order valence-electron chi connectivity index (χ1n) is 8.32. The zero-order valence-corrected chi connectivity index (χ0v) is 14.6. The smallest absolute Gasteiger partial charge is 0.293 e. The van der Waals surface area contributed by atoms with Gasteiger partial charge in [0.25, 0.3) is 5.69 Å². The Morgan fingerprint density at radius 3 is 2.54 bits per heavy atom. The van der Waals surface area contributed by atoms with Gasteiger partial charge in [0.1, 0.15) is 5.69 Å². The molecule has 2 aromatic rings. The van der Waals surface area contributed by atoms with Crippen molar-refractivity contribution in [1.82, 2.24) is 0 Å². The van der Waals surface area contributed by atoms with Crippen LogP contribution in [0.15, 0.2) is 48.5 Å². The van der Waals surface area contributed by atoms with Crippen molar-refractivity contribution in [3.05, 3.63) is 69.8 Å². The van der Waals surface area contributed by atoms with Gasteiger partial charge >= 0.3 is 0 Å². The molecule has 0 aliphatic carbocycles. The van der Waals surface area contributed by atoms with Crippen LogP contribution in [0.25, 0.3) is 0 Å². The summed E-state index contributed by atoms with van der Waals surface area (Å²) < 4.78 is 10.2. The number of hydrogen-bond donors (Lipinski definition) is 1. The third-order valence-corrected chi connectivity index (χ3v) is 3.71. The Hall–Kier alpha value is -2.77. The second-order valence-corrected chi connectivity index (χ2v) is 5.57. The number of nitrogens with zero attached hydrogens (tertiary/aromatic N) is 1. The minimum Gasteiger partial charge on any atom is -0.382 e. The van der Waals surface area contributed by atoms with Crippen LogP contribution in [0.5, 0.6) is 0 Å². The fourth-order valence-electron chi connectivity index (χ4n) is 2.37. The Morgan fingerprint density at radius 2 is 1.85 bits per heavy atom. The molecule has 0 aromatic heterocycles. The number of rotatable bonds is 11. The van der Waals surface area contributed by atoms with Crippen LogP contribution < -0.4 is 5.32 Å². The molecule has 7 nitrogen and oxygen atoms in total. The molecular formula is C19H22N2O5. The molecule has 0 atom stereocenters. The van der Waals surface area contributed by atoms with Gasteiger partial charge in [0.15, 0.2) is 5.78 Å². The Morgan fingerprint density at radius 1 is 1.08 bits per heavy atom. The molecule has 7 heteroatoms. The molecule has 0 fully saturated rings. The van der Waals surface area contributed by atoms with Gasteiger partial charge in [-0.3, -0.25) is 14.9 Å². The molecule has 0 unspecified atom stereocenters. The highest BCUT2D eigenvalue weighted by Gasteiger charge is 2.18. The number of ketones is 1. The lowest BCUT2D eigenvalue weighted by molar-refractivity contribution is -0.384. The Kier molecular flexibility index (Phi) is 7.73. The van der Waals surface area contributed by atoms with Crippen molar-refractivity contribution in [2.45, 2.75) is 6.42 Å². The lowest BCUT2D eigenvalue weighted by Crippen LogP contribution is -2.10. The summed E-state index contributed by atoms with van der Waals surface area (Å²) in [5.74, 6) is -0.244. The van der Waals surface area contributed by atoms with E-state index >= 15 is 0 Å². The molecule has 0 amide bonds. The summed E-state index contributed by atoms with van der Waals surface area (Å²) in [7, 11) is 1.61. The first-order valence-corrected chi connectivity index (χ1v) is 8.32. The normalized spacial score (nSPS) is 10.5. The van der Waals surface area contributed by atoms with Crippen molar-refractivity contribution < 1.29 is 19.2 Å². The monoisotopic (exact) mass is 358 g/mol. The van der Waals surface area contributed by atoms with Crippen molar-refractivity contribution >= 4 is 17.2 Å². The van der Waals surface area contributed by atoms with Crippen LogP contribution >= 0.6 is 0 Å². The second kappa shape index (κ2) is 10.3. The number of anilines is 1. The zero-order valence-electron chi connectivity index (χ0n) is 14.6. The van der Waals surface area contributed by atoms with Crippen molar-refractivity contribution in [1.29, 1.82) is 0 Å². The van der Waals surface area contributed by atoms with Crippen LogP contribution in [0.1, 0.15) is 22.3 Å². The van der Waals surface area contributed by atoms with Crippen LogP contribution in [-0.4, -0.2) is 44.2 Å². The van der Waals surface area contributed by atoms with E-state index < -0.39 is 4.92 Å². The molecule has 2 aromatic carbocycles. The Labute approximate surface area is 152 Å². The number of carbonyl (C=O) groups is 1. The fourth-order valence-corrected chi connectivity index (χ4v) is 2.37. The van der Waals surface area contributed by atoms with Gasteiger partial charge < -0.3 is 14.8 Å². The minimum atomic E-state index is -0.487. The number of nitro groups is 1. The molecule has 26 heavy (non-hydrogen) atoms. The van der Waals surface area contributed by atoms with E-state index in [4.69, 9.17) is 9.47 Å². The van der Waals surface area contributed by atoms with Gasteiger partial charge in [-0.05, 0) is 18.6 Å². The van der Waals surface area contributed by atoms with E-state index in [0.717, 1.165) is 0 Å². The molecule has 138 valence electrons. The summed E-state index contributed by atoms with van der Waals surface area (Å²) in [6.07, 6.45) is 0.700. The number of benzene rings is 2. The fraction of sp³-hybridized carbons (Fsp3) is 0.316. The molecule has 0 saturated heterocycles. The highest BCUT2D eigenvalue weighted by molar-refractivity contribution is 6.09. The third kappa shape index (κ3) is 5.65. The summed E-state index contributed by atoms with van der Waals surface area (Å²) in [5, 5.41) is 14.4. The predicted molar refractivity (Wildman–Crippen MR) is 98.8 cm³/mol. The summed E-state index contributed by atoms with van der Waals surface area (Å²) in [6.45, 7) is 2.12. The molecule has 1 N–H and O–H groups in total. The quantitative estimate of drug-likeness (QED) is 0.287. The van der Waals surface area contributed by atoms with E-state index in [-0.39, 0.29) is 17.0 Å². The first-order chi connectivity index (χ1) is 12.6. The maximum atomic E-state index is 12.4. The highest BCUT2D eigenvalue weighted by Crippen LogP contribution is 2.26. The molecule has 0 saturated carbocycles. The number of methoxy groups -OCH3 is 1. The summed E-state index contributed by atoms with van der Waals surface area (Å²) in [5.41, 5.74) is 1.05. The van der Waals surface area contributed by atoms with Crippen molar-refractivity contribution in [2.75, 3.05) is 38.8 Å². The number of nitrogens with one attached hydrogen (secondary N) is 1. The number of carbonyl (C=O) groups excluding carboxylic acids is 1. The van der Waals surface area contributed by atoms with Gasteiger partial charge in [-0.15, -0.1) is 0 Å². The SMILES string of the molecule is COCCOCCCNc1ccc(C(=O)c2ccccc2)cc1[N+](=O)[O-]. The van der Waals surface area contributed by atoms with Gasteiger partial charge in [-0.1, -0.05) is 30.3 Å². The average molecular weight is 358 g/mol. The van der Waals surface area contributed by atoms with E-state index in [1.165, 1.54) is 6.07 Å². The van der Waals surface area contributed by atoms with Gasteiger partial charge in [-0.2, -0.15) is 0 Å². The summed E-state index contributed by atoms with van der Waals surface area (Å²) in [6, 6.07) is 13.2. The van der Waals surface area contributed by atoms with Gasteiger partial charge in [0, 0.05) is 37.5 Å². The Balaban J connectivity index is 2.00. The zero-order chi connectivity index (χ0) is 18.8. The first kappa shape index (κ1) is 19.6. The Bertz CT molecular complexity index is 734. The molecule has 2 rings (SSSR count). The molecule has 0 spiro atoms. The van der Waals surface area contributed by atoms with Crippen LogP contribution in [0.3, 0.4) is 0 Å². The third-order valence-electron chi connectivity index (χ3n) is 3.71. The predicted octanol–water partition coefficient (Wildman–Crippen LogP) is 3.29. The standard InChI is InChI=1S/C19H22N2O5/c1-25-12-13-26-11-5-10-20-17-9-8-16(14-18(17)21(23)24)19(22)15-6-3-2-4-7-15/h2-4,6-9,14,20H,5,10-13H2,1H3. The van der Waals surface area contributed by atoms with Crippen LogP contribution in [-0.2, 0) is 9.47 Å². The second-order valence-electron chi connectivity index (χ2n) is 5.57. The maximum absolute atomic E-state index is 12.4. The largest absolute Gasteiger partial charge is 0.382 e. The molecule has 0 aliphatic rings. The van der Waals surface area contributed by atoms with Gasteiger partial charge in [0.2, 0.25) is 0 Å². The summed E-state index contributed by atoms with van der Waals surface area (Å²) in [4.78, 5) is 23.3. The highest BCUT2D eigenvalue weighted by atomic mass is 16.6. The van der Waals surface area contributed by atoms with Crippen LogP contribution in [0.4, 0.5) is 11.4 Å². The van der Waals surface area contributed by atoms with E-state index in [0.29, 0.717) is 44.0 Å². The van der Waals surface area contributed by atoms with E-state index in [1.54, 1.807) is 43.5 Å². The lowest BCUT2D eigenvalue weighted by atomic mass is 10.0. The minimum absolute atomic E-state index is 0.118. The number of nitro benzene ring substituents is 1. The maximum Gasteiger partial charge on any atom is 0.293 e. The van der Waals surface area contributed by atoms with E-state index in [9.17, 15) is 14.9 Å². The molecule has 0 radical (unpaired) electrons. The number of ether oxygens (including phenoxy) is 2. The molecule has 0 bridgehead atoms. The van der Waals surface area contributed by atoms with E-state index in [2.05, 4.69) is 5.32 Å². The van der Waals surface area contributed by atoms with Gasteiger partial charge in [-0.25, -0.2) is 0 Å². The van der Waals surface area contributed by atoms with Crippen molar-refractivity contribution in [3.8, 4) is 0 Å². The molecular weight excluding hydrogens is 336 g/mol. The van der Waals surface area contributed by atoms with E-state index in [1.807, 2.05) is 6.07 Å². The van der Waals surface area contributed by atoms with Crippen molar-refractivity contribution in [3.63, 3.8) is 0 Å². The molecule has 0 aliphatic heterocycles.